The third-order valence-electron chi connectivity index (χ3n) is 3.13. The molecule has 0 aromatic heterocycles. The van der Waals surface area contributed by atoms with Crippen LogP contribution in [-0.4, -0.2) is 17.7 Å². The average molecular weight is 305 g/mol. The normalized spacial score (nSPS) is 15.7. The van der Waals surface area contributed by atoms with Crippen LogP contribution in [0.3, 0.4) is 0 Å². The third-order valence-corrected chi connectivity index (χ3v) is 3.70. The Bertz CT molecular complexity index is 458. The summed E-state index contributed by atoms with van der Waals surface area (Å²) in [6, 6.07) is 4.81. The van der Waals surface area contributed by atoms with E-state index < -0.39 is 17.5 Å². The maximum Gasteiger partial charge on any atom is 0.312 e. The summed E-state index contributed by atoms with van der Waals surface area (Å²) >= 11 is 12.0. The second-order valence-electron chi connectivity index (χ2n) is 4.48. The number of carbonyl (C=O) groups is 1. The van der Waals surface area contributed by atoms with Crippen molar-refractivity contribution in [3.05, 3.63) is 33.8 Å². The van der Waals surface area contributed by atoms with Gasteiger partial charge >= 0.3 is 5.97 Å². The fourth-order valence-corrected chi connectivity index (χ4v) is 2.59. The SMILES string of the molecule is CCOC(=O)C(CC)C(C)(O)c1cc(Cl)ccc1Cl. The summed E-state index contributed by atoms with van der Waals surface area (Å²) in [5.74, 6) is -1.13. The van der Waals surface area contributed by atoms with Crippen LogP contribution < -0.4 is 0 Å². The van der Waals surface area contributed by atoms with Gasteiger partial charge in [0.1, 0.15) is 5.60 Å². The second kappa shape index (κ2) is 6.60. The molecule has 0 radical (unpaired) electrons. The van der Waals surface area contributed by atoms with Gasteiger partial charge in [0.25, 0.3) is 0 Å². The van der Waals surface area contributed by atoms with E-state index in [9.17, 15) is 9.90 Å². The predicted octanol–water partition coefficient (Wildman–Crippen LogP) is 3.79. The molecule has 5 heteroatoms. The van der Waals surface area contributed by atoms with Crippen LogP contribution >= 0.6 is 23.2 Å². The minimum atomic E-state index is -1.43. The van der Waals surface area contributed by atoms with E-state index in [4.69, 9.17) is 27.9 Å². The second-order valence-corrected chi connectivity index (χ2v) is 5.33. The molecule has 1 aromatic carbocycles. The quantitative estimate of drug-likeness (QED) is 0.842. The molecule has 1 aromatic rings. The Balaban J connectivity index is 3.19. The Morgan fingerprint density at radius 1 is 1.42 bits per heavy atom. The van der Waals surface area contributed by atoms with Crippen LogP contribution in [0.4, 0.5) is 0 Å². The van der Waals surface area contributed by atoms with Crippen LogP contribution in [0.25, 0.3) is 0 Å². The van der Waals surface area contributed by atoms with E-state index in [2.05, 4.69) is 0 Å². The van der Waals surface area contributed by atoms with Crippen molar-refractivity contribution >= 4 is 29.2 Å². The number of carbonyl (C=O) groups excluding carboxylic acids is 1. The first-order valence-electron chi connectivity index (χ1n) is 6.19. The van der Waals surface area contributed by atoms with Gasteiger partial charge in [0.2, 0.25) is 0 Å². The van der Waals surface area contributed by atoms with Gasteiger partial charge in [-0.1, -0.05) is 30.1 Å². The minimum absolute atomic E-state index is 0.273. The molecule has 2 unspecified atom stereocenters. The smallest absolute Gasteiger partial charge is 0.312 e. The lowest BCUT2D eigenvalue weighted by Gasteiger charge is -2.31. The van der Waals surface area contributed by atoms with E-state index in [-0.39, 0.29) is 6.61 Å². The molecular formula is C14H18Cl2O3. The molecule has 0 heterocycles. The summed E-state index contributed by atoms with van der Waals surface area (Å²) in [6.07, 6.45) is 0.439. The Hall–Kier alpha value is -0.770. The van der Waals surface area contributed by atoms with E-state index >= 15 is 0 Å². The first-order chi connectivity index (χ1) is 8.84. The number of halogens is 2. The lowest BCUT2D eigenvalue weighted by atomic mass is 9.81. The number of rotatable bonds is 5. The Labute approximate surface area is 123 Å². The summed E-state index contributed by atoms with van der Waals surface area (Å²) in [6.45, 7) is 5.37. The molecular weight excluding hydrogens is 287 g/mol. The zero-order chi connectivity index (χ0) is 14.6. The molecule has 3 nitrogen and oxygen atoms in total. The molecule has 1 N–H and O–H groups in total. The molecule has 0 saturated carbocycles. The molecule has 0 bridgehead atoms. The lowest BCUT2D eigenvalue weighted by Crippen LogP contribution is -2.38. The van der Waals surface area contributed by atoms with Gasteiger partial charge in [-0.3, -0.25) is 4.79 Å². The maximum atomic E-state index is 11.9. The van der Waals surface area contributed by atoms with Gasteiger partial charge in [0, 0.05) is 15.6 Å². The van der Waals surface area contributed by atoms with Crippen molar-refractivity contribution in [3.8, 4) is 0 Å². The molecule has 19 heavy (non-hydrogen) atoms. The molecule has 106 valence electrons. The van der Waals surface area contributed by atoms with Crippen molar-refractivity contribution in [2.45, 2.75) is 32.8 Å². The van der Waals surface area contributed by atoms with Crippen LogP contribution in [-0.2, 0) is 15.1 Å². The molecule has 0 spiro atoms. The standard InChI is InChI=1S/C14H18Cl2O3/c1-4-10(13(17)19-5-2)14(3,18)11-8-9(15)6-7-12(11)16/h6-8,10,18H,4-5H2,1-3H3. The van der Waals surface area contributed by atoms with Gasteiger partial charge in [-0.15, -0.1) is 0 Å². The summed E-state index contributed by atoms with van der Waals surface area (Å²) in [5.41, 5.74) is -0.996. The van der Waals surface area contributed by atoms with Gasteiger partial charge in [0.15, 0.2) is 0 Å². The molecule has 0 aliphatic carbocycles. The van der Waals surface area contributed by atoms with Crippen LogP contribution in [0.15, 0.2) is 18.2 Å². The average Bonchev–Trinajstić information content (AvgIpc) is 2.33. The summed E-state index contributed by atoms with van der Waals surface area (Å²) in [5, 5.41) is 11.5. The monoisotopic (exact) mass is 304 g/mol. The van der Waals surface area contributed by atoms with Crippen molar-refractivity contribution in [1.29, 1.82) is 0 Å². The van der Waals surface area contributed by atoms with Crippen molar-refractivity contribution in [2.75, 3.05) is 6.61 Å². The maximum absolute atomic E-state index is 11.9. The fourth-order valence-electron chi connectivity index (χ4n) is 2.11. The third kappa shape index (κ3) is 3.62. The highest BCUT2D eigenvalue weighted by molar-refractivity contribution is 6.33. The van der Waals surface area contributed by atoms with Crippen molar-refractivity contribution in [2.24, 2.45) is 5.92 Å². The van der Waals surface area contributed by atoms with Gasteiger partial charge < -0.3 is 9.84 Å². The number of hydrogen-bond acceptors (Lipinski definition) is 3. The van der Waals surface area contributed by atoms with Crippen molar-refractivity contribution < 1.29 is 14.6 Å². The van der Waals surface area contributed by atoms with Crippen molar-refractivity contribution in [1.82, 2.24) is 0 Å². The largest absolute Gasteiger partial charge is 0.466 e. The zero-order valence-corrected chi connectivity index (χ0v) is 12.8. The van der Waals surface area contributed by atoms with E-state index in [1.807, 2.05) is 6.92 Å². The highest BCUT2D eigenvalue weighted by Gasteiger charge is 2.40. The summed E-state index contributed by atoms with van der Waals surface area (Å²) in [4.78, 5) is 11.9. The minimum Gasteiger partial charge on any atom is -0.466 e. The highest BCUT2D eigenvalue weighted by Crippen LogP contribution is 2.37. The van der Waals surface area contributed by atoms with Gasteiger partial charge in [-0.2, -0.15) is 0 Å². The first-order valence-corrected chi connectivity index (χ1v) is 6.94. The topological polar surface area (TPSA) is 46.5 Å². The molecule has 2 atom stereocenters. The number of esters is 1. The number of ether oxygens (including phenoxy) is 1. The molecule has 0 aliphatic heterocycles. The number of hydrogen-bond donors (Lipinski definition) is 1. The van der Waals surface area contributed by atoms with Crippen LogP contribution in [0, 0.1) is 5.92 Å². The molecule has 0 amide bonds. The van der Waals surface area contributed by atoms with E-state index in [0.29, 0.717) is 22.0 Å². The Kier molecular flexibility index (Phi) is 5.65. The lowest BCUT2D eigenvalue weighted by molar-refractivity contribution is -0.158. The van der Waals surface area contributed by atoms with E-state index in [1.165, 1.54) is 0 Å². The molecule has 0 saturated heterocycles. The van der Waals surface area contributed by atoms with Crippen molar-refractivity contribution in [3.63, 3.8) is 0 Å². The van der Waals surface area contributed by atoms with Gasteiger partial charge in [-0.05, 0) is 38.5 Å². The van der Waals surface area contributed by atoms with Crippen LogP contribution in [0.5, 0.6) is 0 Å². The number of aliphatic hydroxyl groups is 1. The molecule has 0 fully saturated rings. The van der Waals surface area contributed by atoms with E-state index in [1.54, 1.807) is 32.0 Å². The van der Waals surface area contributed by atoms with Crippen LogP contribution in [0.1, 0.15) is 32.8 Å². The molecule has 0 aliphatic rings. The Morgan fingerprint density at radius 2 is 2.05 bits per heavy atom. The highest BCUT2D eigenvalue weighted by atomic mass is 35.5. The van der Waals surface area contributed by atoms with Gasteiger partial charge in [0.05, 0.1) is 12.5 Å². The Morgan fingerprint density at radius 3 is 2.58 bits per heavy atom. The predicted molar refractivity (Wildman–Crippen MR) is 76.4 cm³/mol. The van der Waals surface area contributed by atoms with E-state index in [0.717, 1.165) is 0 Å². The first kappa shape index (κ1) is 16.3. The summed E-state index contributed by atoms with van der Waals surface area (Å²) in [7, 11) is 0. The zero-order valence-electron chi connectivity index (χ0n) is 11.2. The fraction of sp³-hybridized carbons (Fsp3) is 0.500. The van der Waals surface area contributed by atoms with Gasteiger partial charge in [-0.25, -0.2) is 0 Å². The van der Waals surface area contributed by atoms with Crippen LogP contribution in [0.2, 0.25) is 10.0 Å². The summed E-state index contributed by atoms with van der Waals surface area (Å²) < 4.78 is 5.00. The number of benzene rings is 1. The molecule has 1 rings (SSSR count).